The summed E-state index contributed by atoms with van der Waals surface area (Å²) < 4.78 is 36.3. The molecular weight excluding hydrogens is 285 g/mol. The Balaban J connectivity index is 2.88. The first-order chi connectivity index (χ1) is 8.69. The average molecular weight is 299 g/mol. The minimum Gasteiger partial charge on any atom is -0.478 e. The van der Waals surface area contributed by atoms with Gasteiger partial charge in [-0.1, -0.05) is 18.5 Å². The van der Waals surface area contributed by atoms with Crippen LogP contribution in [0.1, 0.15) is 19.8 Å². The van der Waals surface area contributed by atoms with Gasteiger partial charge in [0, 0.05) is 18.4 Å². The summed E-state index contributed by atoms with van der Waals surface area (Å²) in [6.07, 6.45) is -2.33. The molecule has 0 bridgehead atoms. The standard InChI is InChI=1S/C11H14ClF3N2O2/c1-2-7-8(9(18)19)10(12,3-5-16-7)17-6-4-11(13,14)15/h3,5,16-17H,2,4,6H2,1H3,(H,18,19). The molecule has 1 rings (SSSR count). The van der Waals surface area contributed by atoms with Gasteiger partial charge in [-0.25, -0.2) is 4.79 Å². The number of hydrogen-bond donors (Lipinski definition) is 3. The predicted octanol–water partition coefficient (Wildman–Crippen LogP) is 2.33. The number of hydrogen-bond acceptors (Lipinski definition) is 3. The molecule has 0 aliphatic carbocycles. The summed E-state index contributed by atoms with van der Waals surface area (Å²) in [5.41, 5.74) is 0.186. The number of halogens is 4. The molecule has 0 spiro atoms. The van der Waals surface area contributed by atoms with Crippen molar-refractivity contribution in [3.05, 3.63) is 23.5 Å². The Bertz CT molecular complexity index is 421. The fraction of sp³-hybridized carbons (Fsp3) is 0.545. The van der Waals surface area contributed by atoms with Crippen molar-refractivity contribution >= 4 is 17.6 Å². The van der Waals surface area contributed by atoms with Crippen LogP contribution in [0.4, 0.5) is 13.2 Å². The van der Waals surface area contributed by atoms with E-state index in [1.165, 1.54) is 12.3 Å². The van der Waals surface area contributed by atoms with E-state index in [1.807, 2.05) is 0 Å². The zero-order valence-corrected chi connectivity index (χ0v) is 10.9. The highest BCUT2D eigenvalue weighted by atomic mass is 35.5. The first-order valence-corrected chi connectivity index (χ1v) is 5.99. The molecule has 8 heteroatoms. The van der Waals surface area contributed by atoms with Crippen molar-refractivity contribution < 1.29 is 23.1 Å². The number of carboxylic acids is 1. The summed E-state index contributed by atoms with van der Waals surface area (Å²) in [5.74, 6) is -1.27. The highest BCUT2D eigenvalue weighted by molar-refractivity contribution is 6.30. The van der Waals surface area contributed by atoms with Gasteiger partial charge in [-0.3, -0.25) is 5.32 Å². The van der Waals surface area contributed by atoms with Crippen LogP contribution in [0, 0.1) is 0 Å². The van der Waals surface area contributed by atoms with Gasteiger partial charge in [0.05, 0.1) is 12.0 Å². The summed E-state index contributed by atoms with van der Waals surface area (Å²) in [7, 11) is 0. The van der Waals surface area contributed by atoms with E-state index in [0.29, 0.717) is 12.1 Å². The Hall–Kier alpha value is -1.21. The number of nitrogens with one attached hydrogen (secondary N) is 2. The van der Waals surface area contributed by atoms with Crippen molar-refractivity contribution in [2.45, 2.75) is 30.9 Å². The topological polar surface area (TPSA) is 61.4 Å². The van der Waals surface area contributed by atoms with E-state index in [2.05, 4.69) is 10.6 Å². The van der Waals surface area contributed by atoms with E-state index >= 15 is 0 Å². The molecule has 1 aliphatic rings. The van der Waals surface area contributed by atoms with Gasteiger partial charge in [0.25, 0.3) is 0 Å². The largest absolute Gasteiger partial charge is 0.478 e. The van der Waals surface area contributed by atoms with Crippen LogP contribution in [-0.2, 0) is 4.79 Å². The third kappa shape index (κ3) is 4.14. The minimum atomic E-state index is -4.32. The Kier molecular flexibility index (Phi) is 4.86. The van der Waals surface area contributed by atoms with Gasteiger partial charge in [0.1, 0.15) is 5.00 Å². The van der Waals surface area contributed by atoms with Crippen molar-refractivity contribution in [3.63, 3.8) is 0 Å². The second-order valence-electron chi connectivity index (χ2n) is 3.99. The minimum absolute atomic E-state index is 0.179. The molecule has 0 aromatic heterocycles. The molecule has 0 aromatic carbocycles. The lowest BCUT2D eigenvalue weighted by Gasteiger charge is -2.31. The molecule has 4 nitrogen and oxygen atoms in total. The molecule has 0 fully saturated rings. The maximum atomic E-state index is 12.1. The van der Waals surface area contributed by atoms with Crippen molar-refractivity contribution in [2.24, 2.45) is 0 Å². The summed E-state index contributed by atoms with van der Waals surface area (Å²) >= 11 is 6.09. The zero-order valence-electron chi connectivity index (χ0n) is 10.1. The molecule has 1 aliphatic heterocycles. The van der Waals surface area contributed by atoms with Crippen molar-refractivity contribution in [1.29, 1.82) is 0 Å². The fourth-order valence-electron chi connectivity index (χ4n) is 1.73. The van der Waals surface area contributed by atoms with Crippen LogP contribution in [0.15, 0.2) is 23.5 Å². The number of carboxylic acid groups (broad SMARTS) is 1. The van der Waals surface area contributed by atoms with Gasteiger partial charge >= 0.3 is 12.1 Å². The zero-order chi connectivity index (χ0) is 14.7. The third-order valence-corrected chi connectivity index (χ3v) is 3.04. The van der Waals surface area contributed by atoms with E-state index < -0.39 is 30.1 Å². The van der Waals surface area contributed by atoms with Crippen molar-refractivity contribution in [1.82, 2.24) is 10.6 Å². The van der Waals surface area contributed by atoms with E-state index in [9.17, 15) is 18.0 Å². The molecule has 3 N–H and O–H groups in total. The lowest BCUT2D eigenvalue weighted by molar-refractivity contribution is -0.133. The number of alkyl halides is 4. The molecule has 0 aromatic rings. The average Bonchev–Trinajstić information content (AvgIpc) is 2.25. The molecule has 0 saturated heterocycles. The Morgan fingerprint density at radius 3 is 2.68 bits per heavy atom. The van der Waals surface area contributed by atoms with Gasteiger partial charge in [-0.15, -0.1) is 0 Å². The number of carbonyl (C=O) groups is 1. The van der Waals surface area contributed by atoms with Crippen LogP contribution in [0.25, 0.3) is 0 Å². The smallest absolute Gasteiger partial charge is 0.390 e. The molecule has 19 heavy (non-hydrogen) atoms. The maximum absolute atomic E-state index is 12.1. The van der Waals surface area contributed by atoms with Crippen LogP contribution in [0.2, 0.25) is 0 Å². The Labute approximate surface area is 113 Å². The first-order valence-electron chi connectivity index (χ1n) is 5.61. The molecule has 0 saturated carbocycles. The van der Waals surface area contributed by atoms with Crippen LogP contribution in [0.5, 0.6) is 0 Å². The van der Waals surface area contributed by atoms with Crippen LogP contribution >= 0.6 is 11.6 Å². The van der Waals surface area contributed by atoms with Crippen LogP contribution < -0.4 is 10.6 Å². The van der Waals surface area contributed by atoms with Gasteiger partial charge in [0.2, 0.25) is 0 Å². The van der Waals surface area contributed by atoms with Crippen molar-refractivity contribution in [3.8, 4) is 0 Å². The summed E-state index contributed by atoms with van der Waals surface area (Å²) in [6, 6.07) is 0. The number of aliphatic carboxylic acids is 1. The van der Waals surface area contributed by atoms with E-state index in [4.69, 9.17) is 16.7 Å². The highest BCUT2D eigenvalue weighted by Crippen LogP contribution is 2.30. The third-order valence-electron chi connectivity index (χ3n) is 2.59. The maximum Gasteiger partial charge on any atom is 0.390 e. The molecule has 108 valence electrons. The van der Waals surface area contributed by atoms with Gasteiger partial charge in [-0.05, 0) is 12.5 Å². The highest BCUT2D eigenvalue weighted by Gasteiger charge is 2.38. The summed E-state index contributed by atoms with van der Waals surface area (Å²) in [4.78, 5) is 9.59. The second kappa shape index (κ2) is 5.83. The molecule has 1 atom stereocenters. The van der Waals surface area contributed by atoms with Crippen LogP contribution in [0.3, 0.4) is 0 Å². The number of rotatable bonds is 5. The lowest BCUT2D eigenvalue weighted by Crippen LogP contribution is -2.47. The number of allylic oxidation sites excluding steroid dienone is 1. The van der Waals surface area contributed by atoms with Crippen molar-refractivity contribution in [2.75, 3.05) is 6.54 Å². The normalized spacial score (nSPS) is 23.4. The number of dihydropyridines is 1. The summed E-state index contributed by atoms with van der Waals surface area (Å²) in [6.45, 7) is 1.25. The SMILES string of the molecule is CCC1=C(C(=O)O)C(Cl)(NCCC(F)(F)F)C=CN1. The molecule has 1 heterocycles. The lowest BCUT2D eigenvalue weighted by atomic mass is 9.99. The molecule has 0 amide bonds. The van der Waals surface area contributed by atoms with Gasteiger partial charge < -0.3 is 10.4 Å². The predicted molar refractivity (Wildman–Crippen MR) is 64.5 cm³/mol. The second-order valence-corrected chi connectivity index (χ2v) is 4.59. The first kappa shape index (κ1) is 15.8. The van der Waals surface area contributed by atoms with Gasteiger partial charge in [-0.2, -0.15) is 13.2 Å². The summed E-state index contributed by atoms with van der Waals surface area (Å²) in [5, 5.41) is 14.3. The van der Waals surface area contributed by atoms with E-state index in [-0.39, 0.29) is 5.57 Å². The van der Waals surface area contributed by atoms with Crippen LogP contribution in [-0.4, -0.2) is 28.8 Å². The molecular formula is C11H14ClF3N2O2. The Morgan fingerprint density at radius 2 is 2.21 bits per heavy atom. The Morgan fingerprint density at radius 1 is 1.58 bits per heavy atom. The quantitative estimate of drug-likeness (QED) is 0.538. The monoisotopic (exact) mass is 298 g/mol. The van der Waals surface area contributed by atoms with E-state index in [0.717, 1.165) is 0 Å². The fourth-order valence-corrected chi connectivity index (χ4v) is 2.08. The molecule has 1 unspecified atom stereocenters. The van der Waals surface area contributed by atoms with E-state index in [1.54, 1.807) is 6.92 Å². The molecule has 0 radical (unpaired) electrons. The van der Waals surface area contributed by atoms with Gasteiger partial charge in [0.15, 0.2) is 0 Å².